The number of nitrogens with zero attached hydrogens (tertiary/aromatic N) is 2. The molecule has 2 radical (unpaired) electrons. The van der Waals surface area contributed by atoms with E-state index in [1.807, 2.05) is 0 Å². The number of hydrogen-bond acceptors (Lipinski definition) is 2. The number of rotatable bonds is 0. The summed E-state index contributed by atoms with van der Waals surface area (Å²) in [6, 6.07) is 0. The molecule has 0 N–H and O–H groups in total. The minimum absolute atomic E-state index is 0.306. The highest BCUT2D eigenvalue weighted by atomic mass is 35.5. The zero-order valence-electron chi connectivity index (χ0n) is 4.00. The van der Waals surface area contributed by atoms with Crippen LogP contribution in [0.2, 0.25) is 5.15 Å². The average molecular weight is 124 g/mol. The van der Waals surface area contributed by atoms with Crippen molar-refractivity contribution in [1.82, 2.24) is 9.97 Å². The molecule has 0 aliphatic rings. The van der Waals surface area contributed by atoms with E-state index in [0.717, 1.165) is 0 Å². The molecule has 8 heavy (non-hydrogen) atoms. The molecule has 38 valence electrons. The molecule has 2 nitrogen and oxygen atoms in total. The number of hydrogen-bond donors (Lipinski definition) is 0. The van der Waals surface area contributed by atoms with Crippen LogP contribution in [0.4, 0.5) is 0 Å². The normalized spacial score (nSPS) is 9.12. The SMILES string of the molecule is [B]c1cncnc1Cl. The van der Waals surface area contributed by atoms with Crippen LogP contribution in [0.5, 0.6) is 0 Å². The second-order valence-corrected chi connectivity index (χ2v) is 1.63. The van der Waals surface area contributed by atoms with E-state index in [0.29, 0.717) is 10.6 Å². The molecule has 0 saturated heterocycles. The molecule has 0 aliphatic carbocycles. The summed E-state index contributed by atoms with van der Waals surface area (Å²) in [6.45, 7) is 0. The van der Waals surface area contributed by atoms with Crippen LogP contribution >= 0.6 is 11.6 Å². The zero-order valence-corrected chi connectivity index (χ0v) is 4.76. The van der Waals surface area contributed by atoms with E-state index in [1.165, 1.54) is 12.5 Å². The molecule has 0 aromatic carbocycles. The molecule has 0 fully saturated rings. The summed E-state index contributed by atoms with van der Waals surface area (Å²) in [4.78, 5) is 7.23. The van der Waals surface area contributed by atoms with Crippen LogP contribution in [-0.2, 0) is 0 Å². The van der Waals surface area contributed by atoms with E-state index in [4.69, 9.17) is 19.4 Å². The molecule has 0 spiro atoms. The largest absolute Gasteiger partial charge is 0.245 e. The molecule has 0 atom stereocenters. The molecule has 1 rings (SSSR count). The molecule has 0 unspecified atom stereocenters. The molecule has 1 heterocycles. The predicted octanol–water partition coefficient (Wildman–Crippen LogP) is -0.0762. The van der Waals surface area contributed by atoms with E-state index >= 15 is 0 Å². The van der Waals surface area contributed by atoms with Gasteiger partial charge in [0.15, 0.2) is 0 Å². The third-order valence-electron chi connectivity index (χ3n) is 0.690. The smallest absolute Gasteiger partial charge is 0.125 e. The fraction of sp³-hybridized carbons (Fsp3) is 0. The van der Waals surface area contributed by atoms with Crippen molar-refractivity contribution in [3.8, 4) is 0 Å². The first-order valence-electron chi connectivity index (χ1n) is 2.01. The van der Waals surface area contributed by atoms with Crippen LogP contribution < -0.4 is 5.46 Å². The van der Waals surface area contributed by atoms with E-state index in [2.05, 4.69) is 9.97 Å². The van der Waals surface area contributed by atoms with Crippen LogP contribution in [0.1, 0.15) is 0 Å². The monoisotopic (exact) mass is 124 g/mol. The van der Waals surface area contributed by atoms with Crippen LogP contribution in [0.25, 0.3) is 0 Å². The summed E-state index contributed by atoms with van der Waals surface area (Å²) in [5.74, 6) is 0. The van der Waals surface area contributed by atoms with Crippen molar-refractivity contribution >= 4 is 24.9 Å². The summed E-state index contributed by atoms with van der Waals surface area (Å²) in [7, 11) is 5.26. The molecular weight excluding hydrogens is 122 g/mol. The molecule has 4 heteroatoms. The second-order valence-electron chi connectivity index (χ2n) is 1.27. The summed E-state index contributed by atoms with van der Waals surface area (Å²) >= 11 is 5.43. The Morgan fingerprint density at radius 2 is 2.38 bits per heavy atom. The van der Waals surface area contributed by atoms with Crippen LogP contribution in [0.3, 0.4) is 0 Å². The van der Waals surface area contributed by atoms with Gasteiger partial charge in [0.2, 0.25) is 0 Å². The maximum atomic E-state index is 5.43. The van der Waals surface area contributed by atoms with E-state index in [-0.39, 0.29) is 0 Å². The van der Waals surface area contributed by atoms with E-state index in [9.17, 15) is 0 Å². The predicted molar refractivity (Wildman–Crippen MR) is 32.4 cm³/mol. The van der Waals surface area contributed by atoms with Crippen molar-refractivity contribution < 1.29 is 0 Å². The lowest BCUT2D eigenvalue weighted by Crippen LogP contribution is -2.05. The fourth-order valence-electron chi connectivity index (χ4n) is 0.325. The highest BCUT2D eigenvalue weighted by Crippen LogP contribution is 1.92. The van der Waals surface area contributed by atoms with Gasteiger partial charge in [0.05, 0.1) is 0 Å². The quantitative estimate of drug-likeness (QED) is 0.357. The lowest BCUT2D eigenvalue weighted by atomic mass is 10.0. The molecule has 0 bridgehead atoms. The van der Waals surface area contributed by atoms with Gasteiger partial charge in [0.1, 0.15) is 19.3 Å². The first kappa shape index (κ1) is 5.57. The summed E-state index contributed by atoms with van der Waals surface area (Å²) in [5.41, 5.74) is 0.411. The van der Waals surface area contributed by atoms with Crippen molar-refractivity contribution in [1.29, 1.82) is 0 Å². The molecule has 0 aliphatic heterocycles. The van der Waals surface area contributed by atoms with Crippen LogP contribution in [0, 0.1) is 0 Å². The van der Waals surface area contributed by atoms with E-state index < -0.39 is 0 Å². The molecule has 1 aromatic heterocycles. The minimum atomic E-state index is 0.306. The van der Waals surface area contributed by atoms with Gasteiger partial charge in [-0.3, -0.25) is 0 Å². The lowest BCUT2D eigenvalue weighted by molar-refractivity contribution is 1.19. The Labute approximate surface area is 53.3 Å². The van der Waals surface area contributed by atoms with Gasteiger partial charge < -0.3 is 0 Å². The van der Waals surface area contributed by atoms with Gasteiger partial charge in [-0.2, -0.15) is 0 Å². The van der Waals surface area contributed by atoms with Crippen molar-refractivity contribution in [2.24, 2.45) is 0 Å². The highest BCUT2D eigenvalue weighted by molar-refractivity contribution is 6.43. The average Bonchev–Trinajstić information content (AvgIpc) is 1.77. The fourth-order valence-corrected chi connectivity index (χ4v) is 0.418. The first-order valence-corrected chi connectivity index (χ1v) is 2.39. The number of halogens is 1. The maximum absolute atomic E-state index is 5.43. The molecule has 0 saturated carbocycles. The van der Waals surface area contributed by atoms with Gasteiger partial charge in [-0.15, -0.1) is 0 Å². The minimum Gasteiger partial charge on any atom is -0.245 e. The van der Waals surface area contributed by atoms with Gasteiger partial charge >= 0.3 is 0 Å². The Morgan fingerprint density at radius 1 is 1.62 bits per heavy atom. The van der Waals surface area contributed by atoms with Crippen LogP contribution in [-0.4, -0.2) is 17.8 Å². The molecular formula is C4H2BClN2. The first-order chi connectivity index (χ1) is 3.80. The molecule has 1 aromatic rings. The van der Waals surface area contributed by atoms with Gasteiger partial charge in [0.25, 0.3) is 0 Å². The van der Waals surface area contributed by atoms with Gasteiger partial charge in [0, 0.05) is 6.20 Å². The Kier molecular flexibility index (Phi) is 1.49. The molecule has 0 amide bonds. The van der Waals surface area contributed by atoms with Gasteiger partial charge in [-0.05, 0) is 5.46 Å². The summed E-state index contributed by atoms with van der Waals surface area (Å²) in [6.07, 6.45) is 2.80. The Morgan fingerprint density at radius 3 is 2.75 bits per heavy atom. The third kappa shape index (κ3) is 0.982. The van der Waals surface area contributed by atoms with Crippen molar-refractivity contribution in [2.45, 2.75) is 0 Å². The number of aromatic nitrogens is 2. The van der Waals surface area contributed by atoms with Crippen LogP contribution in [0.15, 0.2) is 12.5 Å². The second kappa shape index (κ2) is 2.14. The van der Waals surface area contributed by atoms with Gasteiger partial charge in [-0.1, -0.05) is 11.6 Å². The maximum Gasteiger partial charge on any atom is 0.125 e. The summed E-state index contributed by atoms with van der Waals surface area (Å²) < 4.78 is 0. The van der Waals surface area contributed by atoms with Crippen molar-refractivity contribution in [2.75, 3.05) is 0 Å². The topological polar surface area (TPSA) is 25.8 Å². The Bertz CT molecular complexity index is 170. The van der Waals surface area contributed by atoms with Crippen molar-refractivity contribution in [3.05, 3.63) is 17.7 Å². The third-order valence-corrected chi connectivity index (χ3v) is 1.01. The summed E-state index contributed by atoms with van der Waals surface area (Å²) in [5, 5.41) is 0.306. The van der Waals surface area contributed by atoms with E-state index in [1.54, 1.807) is 0 Å². The Balaban J connectivity index is 3.13. The van der Waals surface area contributed by atoms with Crippen molar-refractivity contribution in [3.63, 3.8) is 0 Å². The Hall–Kier alpha value is -0.565. The highest BCUT2D eigenvalue weighted by Gasteiger charge is 1.89. The standard InChI is InChI=1S/C4H2BClN2/c5-3-1-7-2-8-4(3)6/h1-2H. The zero-order chi connectivity index (χ0) is 5.98. The lowest BCUT2D eigenvalue weighted by Gasteiger charge is -1.89. The van der Waals surface area contributed by atoms with Gasteiger partial charge in [-0.25, -0.2) is 9.97 Å².